The monoisotopic (exact) mass is 256 g/mol. The molecule has 0 amide bonds. The van der Waals surface area contributed by atoms with E-state index in [1.54, 1.807) is 0 Å². The predicted octanol–water partition coefficient (Wildman–Crippen LogP) is 4.64. The van der Waals surface area contributed by atoms with E-state index >= 15 is 0 Å². The molecule has 0 aliphatic heterocycles. The molecule has 1 rings (SSSR count). The quantitative estimate of drug-likeness (QED) is 0.599. The van der Waals surface area contributed by atoms with Gasteiger partial charge in [-0.15, -0.1) is 0 Å². The van der Waals surface area contributed by atoms with Crippen molar-refractivity contribution in [1.29, 1.82) is 0 Å². The Bertz CT molecular complexity index is 225. The summed E-state index contributed by atoms with van der Waals surface area (Å²) in [7, 11) is 0. The van der Waals surface area contributed by atoms with E-state index in [2.05, 4.69) is 44.1 Å². The van der Waals surface area contributed by atoms with Crippen LogP contribution in [0.3, 0.4) is 0 Å². The number of hydrogen-bond donors (Lipinski definition) is 0. The van der Waals surface area contributed by atoms with E-state index in [1.807, 2.05) is 4.41 Å². The van der Waals surface area contributed by atoms with E-state index in [-0.39, 0.29) is 0 Å². The molecule has 0 fully saturated rings. The van der Waals surface area contributed by atoms with Gasteiger partial charge in [-0.2, -0.15) is 0 Å². The molecule has 1 aliphatic carbocycles. The van der Waals surface area contributed by atoms with Crippen molar-refractivity contribution < 1.29 is 0 Å². The molecule has 0 aromatic heterocycles. The Morgan fingerprint density at radius 1 is 1.21 bits per heavy atom. The molecule has 82 valence electrons. The summed E-state index contributed by atoms with van der Waals surface area (Å²) < 4.78 is 1.85. The average Bonchev–Trinajstić information content (AvgIpc) is 2.01. The zero-order chi connectivity index (χ0) is 11.0. The Labute approximate surface area is 92.5 Å². The van der Waals surface area contributed by atoms with Crippen LogP contribution in [0.25, 0.3) is 0 Å². The van der Waals surface area contributed by atoms with E-state index < -0.39 is 13.3 Å². The number of allylic oxidation sites excluding steroid dienone is 2. The van der Waals surface area contributed by atoms with Crippen LogP contribution in [0.1, 0.15) is 40.0 Å². The second-order valence-electron chi connectivity index (χ2n) is 6.82. The first-order valence-corrected chi connectivity index (χ1v) is 13.2. The van der Waals surface area contributed by atoms with E-state index in [9.17, 15) is 0 Å². The third-order valence-electron chi connectivity index (χ3n) is 3.60. The minimum absolute atomic E-state index is 0.507. The maximum atomic E-state index is 2.58. The second-order valence-corrected chi connectivity index (χ2v) is 17.6. The molecule has 0 nitrogen and oxygen atoms in total. The van der Waals surface area contributed by atoms with Gasteiger partial charge in [-0.1, -0.05) is 0 Å². The first kappa shape index (κ1) is 12.4. The topological polar surface area (TPSA) is 0 Å². The minimum atomic E-state index is -1.47. The Morgan fingerprint density at radius 3 is 2.07 bits per heavy atom. The summed E-state index contributed by atoms with van der Waals surface area (Å²) in [5, 5.41) is 0. The van der Waals surface area contributed by atoms with Crippen molar-refractivity contribution in [3.63, 3.8) is 0 Å². The summed E-state index contributed by atoms with van der Waals surface area (Å²) in [6.45, 7) is 7.15. The number of rotatable bonds is 1. The molecule has 0 spiro atoms. The third kappa shape index (κ3) is 3.15. The van der Waals surface area contributed by atoms with E-state index in [0.29, 0.717) is 5.41 Å². The van der Waals surface area contributed by atoms with Crippen LogP contribution in [-0.4, -0.2) is 13.3 Å². The summed E-state index contributed by atoms with van der Waals surface area (Å²) in [6, 6.07) is 0. The Hall–Kier alpha value is 0.283. The van der Waals surface area contributed by atoms with Crippen LogP contribution in [0.5, 0.6) is 0 Å². The molecule has 0 saturated carbocycles. The molecule has 1 unspecified atom stereocenters. The Kier molecular flexibility index (Phi) is 3.56. The SMILES string of the molecule is CC(C)(C)C1CC=[C]([Ge]([CH3])([CH3])[CH3])CC1. The van der Waals surface area contributed by atoms with Gasteiger partial charge in [0, 0.05) is 0 Å². The van der Waals surface area contributed by atoms with Crippen molar-refractivity contribution in [1.82, 2.24) is 0 Å². The van der Waals surface area contributed by atoms with E-state index in [0.717, 1.165) is 5.92 Å². The van der Waals surface area contributed by atoms with Gasteiger partial charge in [-0.25, -0.2) is 0 Å². The van der Waals surface area contributed by atoms with Gasteiger partial charge in [0.25, 0.3) is 0 Å². The van der Waals surface area contributed by atoms with Gasteiger partial charge in [-0.05, 0) is 0 Å². The Morgan fingerprint density at radius 2 is 1.79 bits per heavy atom. The summed E-state index contributed by atoms with van der Waals surface area (Å²) in [4.78, 5) is 0. The summed E-state index contributed by atoms with van der Waals surface area (Å²) in [5.74, 6) is 8.46. The molecule has 1 heteroatoms. The fourth-order valence-electron chi connectivity index (χ4n) is 2.30. The van der Waals surface area contributed by atoms with Gasteiger partial charge >= 0.3 is 92.4 Å². The summed E-state index contributed by atoms with van der Waals surface area (Å²) >= 11 is -1.47. The molecule has 0 bridgehead atoms. The second kappa shape index (κ2) is 4.04. The van der Waals surface area contributed by atoms with Gasteiger partial charge in [0.05, 0.1) is 0 Å². The number of hydrogen-bond acceptors (Lipinski definition) is 0. The first-order valence-electron chi connectivity index (χ1n) is 5.91. The molecule has 0 aromatic rings. The van der Waals surface area contributed by atoms with Gasteiger partial charge in [0.2, 0.25) is 0 Å². The van der Waals surface area contributed by atoms with E-state index in [1.165, 1.54) is 19.3 Å². The van der Waals surface area contributed by atoms with Gasteiger partial charge in [0.15, 0.2) is 0 Å². The van der Waals surface area contributed by atoms with Crippen molar-refractivity contribution >= 4 is 13.3 Å². The van der Waals surface area contributed by atoms with Crippen LogP contribution in [0.4, 0.5) is 0 Å². The maximum absolute atomic E-state index is 2.58. The fourth-order valence-corrected chi connectivity index (χ4v) is 5.71. The van der Waals surface area contributed by atoms with Crippen molar-refractivity contribution in [2.45, 2.75) is 57.3 Å². The molecule has 14 heavy (non-hydrogen) atoms. The van der Waals surface area contributed by atoms with Crippen LogP contribution in [0.15, 0.2) is 10.5 Å². The molecule has 0 saturated heterocycles. The predicted molar refractivity (Wildman–Crippen MR) is 68.2 cm³/mol. The molecule has 1 atom stereocenters. The zero-order valence-electron chi connectivity index (χ0n) is 10.8. The van der Waals surface area contributed by atoms with Crippen molar-refractivity contribution in [3.8, 4) is 0 Å². The molecule has 0 heterocycles. The summed E-state index contributed by atoms with van der Waals surface area (Å²) in [5.41, 5.74) is 0.507. The van der Waals surface area contributed by atoms with Crippen molar-refractivity contribution in [2.24, 2.45) is 11.3 Å². The average molecular weight is 255 g/mol. The van der Waals surface area contributed by atoms with Gasteiger partial charge < -0.3 is 0 Å². The normalized spacial score (nSPS) is 24.7. The standard InChI is InChI=1S/C13H26Ge/c1-13(2,3)11-7-9-12(10-8-11)14(4,5)6/h9,11H,7-8,10H2,1-6H3. The third-order valence-corrected chi connectivity index (χ3v) is 8.59. The molecular formula is C13H26Ge. The van der Waals surface area contributed by atoms with Crippen LogP contribution >= 0.6 is 0 Å². The zero-order valence-corrected chi connectivity index (χ0v) is 12.9. The van der Waals surface area contributed by atoms with Gasteiger partial charge in [0.1, 0.15) is 0 Å². The Balaban J connectivity index is 2.65. The molecule has 0 radical (unpaired) electrons. The molecule has 0 N–H and O–H groups in total. The molecule has 1 aliphatic rings. The van der Waals surface area contributed by atoms with Crippen molar-refractivity contribution in [3.05, 3.63) is 10.5 Å². The molecule has 0 aromatic carbocycles. The van der Waals surface area contributed by atoms with E-state index in [4.69, 9.17) is 0 Å². The van der Waals surface area contributed by atoms with Gasteiger partial charge in [-0.3, -0.25) is 0 Å². The summed E-state index contributed by atoms with van der Waals surface area (Å²) in [6.07, 6.45) is 6.74. The first-order chi connectivity index (χ1) is 6.21. The molecular weight excluding hydrogens is 229 g/mol. The fraction of sp³-hybridized carbons (Fsp3) is 0.846. The van der Waals surface area contributed by atoms with Crippen LogP contribution in [-0.2, 0) is 0 Å². The van der Waals surface area contributed by atoms with Crippen LogP contribution in [0, 0.1) is 11.3 Å². The van der Waals surface area contributed by atoms with Crippen LogP contribution in [0.2, 0.25) is 17.3 Å². The van der Waals surface area contributed by atoms with Crippen LogP contribution < -0.4 is 0 Å². The van der Waals surface area contributed by atoms with Crippen molar-refractivity contribution in [2.75, 3.05) is 0 Å².